The summed E-state index contributed by atoms with van der Waals surface area (Å²) in [5, 5.41) is 25.7. The molecule has 5 heterocycles. The summed E-state index contributed by atoms with van der Waals surface area (Å²) < 4.78 is 0. The van der Waals surface area contributed by atoms with Crippen molar-refractivity contribution < 1.29 is 0 Å². The van der Waals surface area contributed by atoms with Gasteiger partial charge < -0.3 is 16.0 Å². The van der Waals surface area contributed by atoms with Crippen molar-refractivity contribution in [1.29, 1.82) is 0 Å². The van der Waals surface area contributed by atoms with Gasteiger partial charge in [-0.25, -0.2) is 15.0 Å². The van der Waals surface area contributed by atoms with Gasteiger partial charge in [-0.3, -0.25) is 15.2 Å². The third kappa shape index (κ3) is 6.28. The van der Waals surface area contributed by atoms with Gasteiger partial charge in [0, 0.05) is 53.2 Å². The predicted molar refractivity (Wildman–Crippen MR) is 164 cm³/mol. The Hall–Kier alpha value is -5.91. The SMILES string of the molecule is Cc1cc(Nc2nc(NCc3cccnc3)nc3ccccc23)n[nH]1.Cc1cc(Nc2ncnc3ccccc23)n[nH]1. The molecule has 208 valence electrons. The third-order valence-electron chi connectivity index (χ3n) is 6.22. The van der Waals surface area contributed by atoms with Crippen molar-refractivity contribution in [3.63, 3.8) is 0 Å². The van der Waals surface area contributed by atoms with E-state index in [0.717, 1.165) is 56.2 Å². The van der Waals surface area contributed by atoms with Crippen LogP contribution in [0.1, 0.15) is 17.0 Å². The number of H-pyrrole nitrogens is 2. The van der Waals surface area contributed by atoms with Gasteiger partial charge in [-0.15, -0.1) is 0 Å². The van der Waals surface area contributed by atoms with Crippen molar-refractivity contribution in [2.45, 2.75) is 20.4 Å². The van der Waals surface area contributed by atoms with E-state index in [9.17, 15) is 0 Å². The molecule has 7 aromatic rings. The summed E-state index contributed by atoms with van der Waals surface area (Å²) in [7, 11) is 0. The number of nitrogens with zero attached hydrogens (tertiary/aromatic N) is 7. The van der Waals surface area contributed by atoms with Crippen LogP contribution >= 0.6 is 0 Å². The summed E-state index contributed by atoms with van der Waals surface area (Å²) in [5.74, 6) is 3.51. The fourth-order valence-electron chi connectivity index (χ4n) is 4.25. The van der Waals surface area contributed by atoms with Gasteiger partial charge in [0.25, 0.3) is 0 Å². The average Bonchev–Trinajstić information content (AvgIpc) is 3.63. The molecule has 0 saturated heterocycles. The molecule has 0 bridgehead atoms. The highest BCUT2D eigenvalue weighted by Gasteiger charge is 2.09. The fourth-order valence-corrected chi connectivity index (χ4v) is 4.25. The minimum Gasteiger partial charge on any atom is -0.350 e. The molecule has 0 spiro atoms. The topological polar surface area (TPSA) is 158 Å². The van der Waals surface area contributed by atoms with Gasteiger partial charge in [0.2, 0.25) is 5.95 Å². The Morgan fingerprint density at radius 1 is 0.690 bits per heavy atom. The number of fused-ring (bicyclic) bond motifs is 2. The van der Waals surface area contributed by atoms with Gasteiger partial charge in [0.1, 0.15) is 18.0 Å². The van der Waals surface area contributed by atoms with Crippen LogP contribution in [0, 0.1) is 13.8 Å². The summed E-state index contributed by atoms with van der Waals surface area (Å²) in [6.45, 7) is 4.51. The van der Waals surface area contributed by atoms with E-state index in [1.165, 1.54) is 0 Å². The van der Waals surface area contributed by atoms with Crippen molar-refractivity contribution in [1.82, 2.24) is 45.3 Å². The zero-order valence-corrected chi connectivity index (χ0v) is 23.0. The average molecular weight is 557 g/mol. The van der Waals surface area contributed by atoms with Crippen LogP contribution in [0.3, 0.4) is 0 Å². The molecule has 0 aliphatic carbocycles. The van der Waals surface area contributed by atoms with Gasteiger partial charge >= 0.3 is 0 Å². The molecule has 0 aliphatic heterocycles. The molecule has 42 heavy (non-hydrogen) atoms. The molecule has 2 aromatic carbocycles. The Morgan fingerprint density at radius 2 is 1.36 bits per heavy atom. The second-order valence-corrected chi connectivity index (χ2v) is 9.49. The second-order valence-electron chi connectivity index (χ2n) is 9.49. The van der Waals surface area contributed by atoms with Gasteiger partial charge in [-0.2, -0.15) is 15.2 Å². The van der Waals surface area contributed by atoms with Gasteiger partial charge in [-0.05, 0) is 49.7 Å². The maximum atomic E-state index is 4.61. The van der Waals surface area contributed by atoms with Crippen LogP contribution in [0.4, 0.5) is 29.2 Å². The van der Waals surface area contributed by atoms with Gasteiger partial charge in [0.05, 0.1) is 11.0 Å². The molecule has 0 aliphatic rings. The minimum absolute atomic E-state index is 0.553. The molecule has 0 amide bonds. The Labute approximate surface area is 241 Å². The zero-order valence-electron chi connectivity index (χ0n) is 23.0. The van der Waals surface area contributed by atoms with Crippen LogP contribution in [0.25, 0.3) is 21.8 Å². The van der Waals surface area contributed by atoms with E-state index in [-0.39, 0.29) is 0 Å². The molecular formula is C30H28N12. The van der Waals surface area contributed by atoms with E-state index in [4.69, 9.17) is 0 Å². The Kier molecular flexibility index (Phi) is 7.57. The molecule has 0 unspecified atom stereocenters. The number of benzene rings is 2. The van der Waals surface area contributed by atoms with Crippen molar-refractivity contribution in [2.75, 3.05) is 16.0 Å². The van der Waals surface area contributed by atoms with Crippen molar-refractivity contribution in [3.8, 4) is 0 Å². The molecule has 5 aromatic heterocycles. The number of hydrogen-bond acceptors (Lipinski definition) is 10. The highest BCUT2D eigenvalue weighted by molar-refractivity contribution is 5.91. The number of anilines is 5. The van der Waals surface area contributed by atoms with E-state index in [1.54, 1.807) is 12.5 Å². The number of para-hydroxylation sites is 2. The zero-order chi connectivity index (χ0) is 28.7. The number of aromatic nitrogens is 9. The number of rotatable bonds is 7. The highest BCUT2D eigenvalue weighted by atomic mass is 15.2. The van der Waals surface area contributed by atoms with Crippen molar-refractivity contribution in [2.24, 2.45) is 0 Å². The van der Waals surface area contributed by atoms with Crippen LogP contribution in [-0.4, -0.2) is 45.3 Å². The quantitative estimate of drug-likeness (QED) is 0.162. The molecule has 12 heteroatoms. The van der Waals surface area contributed by atoms with Crippen LogP contribution in [0.15, 0.2) is 91.5 Å². The number of aryl methyl sites for hydroxylation is 2. The van der Waals surface area contributed by atoms with Crippen LogP contribution in [-0.2, 0) is 6.54 Å². The first-order valence-electron chi connectivity index (χ1n) is 13.3. The third-order valence-corrected chi connectivity index (χ3v) is 6.22. The second kappa shape index (κ2) is 12.1. The van der Waals surface area contributed by atoms with Crippen LogP contribution < -0.4 is 16.0 Å². The lowest BCUT2D eigenvalue weighted by molar-refractivity contribution is 1.04. The number of aromatic amines is 2. The standard InChI is InChI=1S/C18H17N7.C12H11N5/c1-12-9-16(25-24-12)22-17-14-6-2-3-7-15(14)21-18(23-17)20-11-13-5-4-8-19-10-13;1-8-6-11(17-16-8)15-12-9-4-2-3-5-10(9)13-7-14-12/h2-10H,11H2,1H3,(H3,20,21,22,23,24,25);2-7H,1H3,(H2,13,14,15,16,17). The normalized spacial score (nSPS) is 10.7. The molecular weight excluding hydrogens is 528 g/mol. The first-order valence-corrected chi connectivity index (χ1v) is 13.3. The molecule has 0 radical (unpaired) electrons. The maximum absolute atomic E-state index is 4.61. The Morgan fingerprint density at radius 3 is 2.02 bits per heavy atom. The molecule has 5 N–H and O–H groups in total. The summed E-state index contributed by atoms with van der Waals surface area (Å²) >= 11 is 0. The van der Waals surface area contributed by atoms with Crippen LogP contribution in [0.2, 0.25) is 0 Å². The molecule has 0 saturated carbocycles. The summed E-state index contributed by atoms with van der Waals surface area (Å²) in [6.07, 6.45) is 5.12. The lowest BCUT2D eigenvalue weighted by Gasteiger charge is -2.10. The number of pyridine rings is 1. The van der Waals surface area contributed by atoms with Crippen molar-refractivity contribution >= 4 is 51.0 Å². The number of nitrogens with one attached hydrogen (secondary N) is 5. The molecule has 0 atom stereocenters. The first-order chi connectivity index (χ1) is 20.6. The van der Waals surface area contributed by atoms with Gasteiger partial charge in [0.15, 0.2) is 11.6 Å². The summed E-state index contributed by atoms with van der Waals surface area (Å²) in [6, 6.07) is 23.5. The largest absolute Gasteiger partial charge is 0.350 e. The number of hydrogen-bond donors (Lipinski definition) is 5. The monoisotopic (exact) mass is 556 g/mol. The van der Waals surface area contributed by atoms with E-state index in [1.807, 2.05) is 92.8 Å². The van der Waals surface area contributed by atoms with E-state index in [0.29, 0.717) is 18.3 Å². The Bertz CT molecular complexity index is 1920. The minimum atomic E-state index is 0.553. The molecule has 0 fully saturated rings. The smallest absolute Gasteiger partial charge is 0.225 e. The van der Waals surface area contributed by atoms with Crippen molar-refractivity contribution in [3.05, 3.63) is 108 Å². The molecule has 7 rings (SSSR count). The lowest BCUT2D eigenvalue weighted by atomic mass is 10.2. The Balaban J connectivity index is 0.000000162. The predicted octanol–water partition coefficient (Wildman–Crippen LogP) is 5.82. The molecule has 12 nitrogen and oxygen atoms in total. The van der Waals surface area contributed by atoms with E-state index in [2.05, 4.69) is 61.3 Å². The summed E-state index contributed by atoms with van der Waals surface area (Å²) in [5.41, 5.74) is 4.83. The summed E-state index contributed by atoms with van der Waals surface area (Å²) in [4.78, 5) is 21.8. The fraction of sp³-hybridized carbons (Fsp3) is 0.100. The lowest BCUT2D eigenvalue weighted by Crippen LogP contribution is -2.06. The maximum Gasteiger partial charge on any atom is 0.225 e. The van der Waals surface area contributed by atoms with Crippen LogP contribution in [0.5, 0.6) is 0 Å². The van der Waals surface area contributed by atoms with Gasteiger partial charge in [-0.1, -0.05) is 30.3 Å². The van der Waals surface area contributed by atoms with E-state index >= 15 is 0 Å². The highest BCUT2D eigenvalue weighted by Crippen LogP contribution is 2.25. The van der Waals surface area contributed by atoms with E-state index < -0.39 is 0 Å². The first kappa shape index (κ1) is 26.3.